The summed E-state index contributed by atoms with van der Waals surface area (Å²) >= 11 is 0. The maximum absolute atomic E-state index is 13.5. The molecule has 4 aliphatic rings. The Bertz CT molecular complexity index is 1010. The number of piperidine rings is 1. The van der Waals surface area contributed by atoms with Gasteiger partial charge < -0.3 is 14.7 Å². The molecule has 1 spiro atoms. The SMILES string of the molecule is CCN1C(=O)N(CC2CC2)C2(CCN(CC3CN(C(=O)CC(C)(C)C)CC3c3ccccc3)CC2)C1=O.Cl. The minimum atomic E-state index is -0.657. The second-order valence-corrected chi connectivity index (χ2v) is 13.0. The summed E-state index contributed by atoms with van der Waals surface area (Å²) in [6, 6.07) is 10.5. The molecule has 1 aromatic carbocycles. The number of carbonyl (C=O) groups is 3. The first-order chi connectivity index (χ1) is 17.6. The first-order valence-corrected chi connectivity index (χ1v) is 14.3. The largest absolute Gasteiger partial charge is 0.342 e. The van der Waals surface area contributed by atoms with Crippen LogP contribution in [0.15, 0.2) is 30.3 Å². The number of likely N-dealkylation sites (N-methyl/N-ethyl adjacent to an activating group) is 1. The molecule has 7 nitrogen and oxygen atoms in total. The van der Waals surface area contributed by atoms with Crippen molar-refractivity contribution in [3.63, 3.8) is 0 Å². The van der Waals surface area contributed by atoms with E-state index in [1.54, 1.807) is 0 Å². The van der Waals surface area contributed by atoms with E-state index in [1.165, 1.54) is 23.3 Å². The molecule has 38 heavy (non-hydrogen) atoms. The Hall–Kier alpha value is -2.12. The van der Waals surface area contributed by atoms with Crippen molar-refractivity contribution in [2.45, 2.75) is 71.3 Å². The fourth-order valence-corrected chi connectivity index (χ4v) is 6.70. The zero-order valence-electron chi connectivity index (χ0n) is 23.5. The van der Waals surface area contributed by atoms with E-state index in [0.717, 1.165) is 39.3 Å². The third-order valence-corrected chi connectivity index (χ3v) is 8.95. The van der Waals surface area contributed by atoms with Crippen molar-refractivity contribution in [2.75, 3.05) is 45.8 Å². The molecule has 3 saturated heterocycles. The molecule has 210 valence electrons. The van der Waals surface area contributed by atoms with E-state index in [4.69, 9.17) is 0 Å². The molecule has 8 heteroatoms. The fourth-order valence-electron chi connectivity index (χ4n) is 6.70. The van der Waals surface area contributed by atoms with Gasteiger partial charge in [-0.3, -0.25) is 14.5 Å². The first-order valence-electron chi connectivity index (χ1n) is 14.3. The molecule has 0 radical (unpaired) electrons. The Balaban J connectivity index is 0.00000336. The second kappa shape index (κ2) is 11.2. The molecule has 0 aromatic heterocycles. The Morgan fingerprint density at radius 2 is 1.66 bits per heavy atom. The van der Waals surface area contributed by atoms with E-state index in [9.17, 15) is 14.4 Å². The van der Waals surface area contributed by atoms with Gasteiger partial charge >= 0.3 is 6.03 Å². The number of hydrogen-bond donors (Lipinski definition) is 0. The van der Waals surface area contributed by atoms with Crippen molar-refractivity contribution in [2.24, 2.45) is 17.3 Å². The number of halogens is 1. The van der Waals surface area contributed by atoms with Crippen LogP contribution in [0.25, 0.3) is 0 Å². The second-order valence-electron chi connectivity index (χ2n) is 13.0. The van der Waals surface area contributed by atoms with Gasteiger partial charge in [-0.05, 0) is 55.4 Å². The number of amides is 4. The summed E-state index contributed by atoms with van der Waals surface area (Å²) in [6.07, 6.45) is 4.30. The third-order valence-electron chi connectivity index (χ3n) is 8.95. The first kappa shape index (κ1) is 28.9. The van der Waals surface area contributed by atoms with E-state index in [-0.39, 0.29) is 35.7 Å². The normalized spacial score (nSPS) is 25.8. The maximum atomic E-state index is 13.5. The smallest absolute Gasteiger partial charge is 0.327 e. The van der Waals surface area contributed by atoms with E-state index in [1.807, 2.05) is 17.9 Å². The van der Waals surface area contributed by atoms with Gasteiger partial charge in [0.25, 0.3) is 5.91 Å². The number of urea groups is 1. The average Bonchev–Trinajstić information content (AvgIpc) is 3.55. The summed E-state index contributed by atoms with van der Waals surface area (Å²) in [5.41, 5.74) is 0.621. The molecule has 3 aliphatic heterocycles. The molecular formula is C30H45ClN4O3. The van der Waals surface area contributed by atoms with E-state index < -0.39 is 5.54 Å². The molecule has 4 amide bonds. The molecule has 1 aliphatic carbocycles. The Morgan fingerprint density at radius 3 is 2.24 bits per heavy atom. The quantitative estimate of drug-likeness (QED) is 0.470. The number of carbonyl (C=O) groups excluding carboxylic acids is 3. The van der Waals surface area contributed by atoms with Crippen LogP contribution in [-0.4, -0.2) is 88.8 Å². The average molecular weight is 545 g/mol. The summed E-state index contributed by atoms with van der Waals surface area (Å²) in [6.45, 7) is 13.5. The predicted octanol–water partition coefficient (Wildman–Crippen LogP) is 4.62. The van der Waals surface area contributed by atoms with Gasteiger partial charge in [-0.25, -0.2) is 4.79 Å². The van der Waals surface area contributed by atoms with Crippen LogP contribution in [0.1, 0.15) is 71.3 Å². The van der Waals surface area contributed by atoms with Crippen molar-refractivity contribution in [1.82, 2.24) is 19.6 Å². The molecule has 2 atom stereocenters. The monoisotopic (exact) mass is 544 g/mol. The van der Waals surface area contributed by atoms with Crippen LogP contribution < -0.4 is 0 Å². The molecule has 0 bridgehead atoms. The summed E-state index contributed by atoms with van der Waals surface area (Å²) in [4.78, 5) is 47.7. The molecule has 0 N–H and O–H groups in total. The lowest BCUT2D eigenvalue weighted by Crippen LogP contribution is -2.57. The number of benzene rings is 1. The van der Waals surface area contributed by atoms with Gasteiger partial charge in [0, 0.05) is 58.2 Å². The lowest BCUT2D eigenvalue weighted by Gasteiger charge is -2.43. The standard InChI is InChI=1S/C30H44N4O3.ClH/c1-5-33-27(36)30(34(28(33)37)18-22-11-12-22)13-15-31(16-14-30)19-24-20-32(26(35)17-29(2,3)4)21-25(24)23-9-7-6-8-10-23;/h6-10,22,24-25H,5,11-21H2,1-4H3;1H. The minimum absolute atomic E-state index is 0. The van der Waals surface area contributed by atoms with Crippen molar-refractivity contribution >= 4 is 30.3 Å². The van der Waals surface area contributed by atoms with Gasteiger partial charge in [0.05, 0.1) is 0 Å². The lowest BCUT2D eigenvalue weighted by atomic mass is 9.84. The summed E-state index contributed by atoms with van der Waals surface area (Å²) in [7, 11) is 0. The van der Waals surface area contributed by atoms with Gasteiger partial charge in [0.15, 0.2) is 0 Å². The van der Waals surface area contributed by atoms with Crippen LogP contribution in [0.5, 0.6) is 0 Å². The molecular weight excluding hydrogens is 500 g/mol. The van der Waals surface area contributed by atoms with Gasteiger partial charge in [-0.15, -0.1) is 12.4 Å². The van der Waals surface area contributed by atoms with Crippen LogP contribution in [0, 0.1) is 17.3 Å². The van der Waals surface area contributed by atoms with E-state index in [2.05, 4.69) is 54.8 Å². The van der Waals surface area contributed by atoms with Gasteiger partial charge in [-0.1, -0.05) is 51.1 Å². The number of rotatable bonds is 7. The highest BCUT2D eigenvalue weighted by atomic mass is 35.5. The van der Waals surface area contributed by atoms with Gasteiger partial charge in [-0.2, -0.15) is 0 Å². The fraction of sp³-hybridized carbons (Fsp3) is 0.700. The lowest BCUT2D eigenvalue weighted by molar-refractivity contribution is -0.136. The van der Waals surface area contributed by atoms with Crippen molar-refractivity contribution in [3.05, 3.63) is 35.9 Å². The van der Waals surface area contributed by atoms with Crippen LogP contribution >= 0.6 is 12.4 Å². The third kappa shape index (κ3) is 5.74. The highest BCUT2D eigenvalue weighted by molar-refractivity contribution is 6.07. The van der Waals surface area contributed by atoms with E-state index >= 15 is 0 Å². The molecule has 4 fully saturated rings. The molecule has 3 heterocycles. The summed E-state index contributed by atoms with van der Waals surface area (Å²) < 4.78 is 0. The zero-order chi connectivity index (χ0) is 26.4. The number of imide groups is 1. The Labute approximate surface area is 234 Å². The summed E-state index contributed by atoms with van der Waals surface area (Å²) in [5.74, 6) is 1.50. The highest BCUT2D eigenvalue weighted by Gasteiger charge is 2.58. The topological polar surface area (TPSA) is 64.2 Å². The predicted molar refractivity (Wildman–Crippen MR) is 151 cm³/mol. The number of hydrogen-bond acceptors (Lipinski definition) is 4. The van der Waals surface area contributed by atoms with Gasteiger partial charge in [0.2, 0.25) is 5.91 Å². The number of nitrogens with zero attached hydrogens (tertiary/aromatic N) is 4. The van der Waals surface area contributed by atoms with Crippen molar-refractivity contribution in [1.29, 1.82) is 0 Å². The Kier molecular flexibility index (Phi) is 8.49. The van der Waals surface area contributed by atoms with E-state index in [0.29, 0.717) is 43.6 Å². The maximum Gasteiger partial charge on any atom is 0.327 e. The van der Waals surface area contributed by atoms with Crippen molar-refractivity contribution in [3.8, 4) is 0 Å². The van der Waals surface area contributed by atoms with Crippen molar-refractivity contribution < 1.29 is 14.4 Å². The number of likely N-dealkylation sites (tertiary alicyclic amines) is 2. The Morgan fingerprint density at radius 1 is 1.00 bits per heavy atom. The molecule has 1 aromatic rings. The highest BCUT2D eigenvalue weighted by Crippen LogP contribution is 2.42. The van der Waals surface area contributed by atoms with Gasteiger partial charge in [0.1, 0.15) is 5.54 Å². The van der Waals surface area contributed by atoms with Crippen LogP contribution in [0.3, 0.4) is 0 Å². The van der Waals surface area contributed by atoms with Crippen LogP contribution in [0.4, 0.5) is 4.79 Å². The summed E-state index contributed by atoms with van der Waals surface area (Å²) in [5, 5.41) is 0. The van der Waals surface area contributed by atoms with Crippen LogP contribution in [0.2, 0.25) is 0 Å². The molecule has 2 unspecified atom stereocenters. The van der Waals surface area contributed by atoms with Crippen LogP contribution in [-0.2, 0) is 9.59 Å². The zero-order valence-corrected chi connectivity index (χ0v) is 24.3. The minimum Gasteiger partial charge on any atom is -0.342 e. The molecule has 1 saturated carbocycles. The molecule has 5 rings (SSSR count).